The monoisotopic (exact) mass is 319 g/mol. The Morgan fingerprint density at radius 2 is 2.32 bits per heavy atom. The van der Waals surface area contributed by atoms with Gasteiger partial charge >= 0.3 is 6.09 Å². The van der Waals surface area contributed by atoms with E-state index in [2.05, 4.69) is 16.4 Å². The molecule has 0 saturated carbocycles. The van der Waals surface area contributed by atoms with Crippen LogP contribution in [0.15, 0.2) is 24.3 Å². The molecule has 3 rings (SSSR count). The first-order valence-corrected chi connectivity index (χ1v) is 8.61. The van der Waals surface area contributed by atoms with E-state index in [4.69, 9.17) is 4.74 Å². The number of ether oxygens (including phenoxy) is 1. The largest absolute Gasteiger partial charge is 0.450 e. The highest BCUT2D eigenvalue weighted by Gasteiger charge is 2.23. The molecular formula is C16H21N3O2S. The molecule has 1 aliphatic heterocycles. The molecule has 0 radical (unpaired) electrons. The third-order valence-electron chi connectivity index (χ3n) is 3.82. The van der Waals surface area contributed by atoms with Gasteiger partial charge in [0.2, 0.25) is 0 Å². The Hall–Kier alpha value is -1.82. The number of likely N-dealkylation sites (tertiary alicyclic amines) is 1. The zero-order chi connectivity index (χ0) is 15.4. The molecule has 1 saturated heterocycles. The summed E-state index contributed by atoms with van der Waals surface area (Å²) in [4.78, 5) is 18.4. The van der Waals surface area contributed by atoms with Crippen molar-refractivity contribution in [2.24, 2.45) is 0 Å². The number of anilines is 1. The Labute approximate surface area is 134 Å². The fraction of sp³-hybridized carbons (Fsp3) is 0.500. The van der Waals surface area contributed by atoms with Crippen LogP contribution < -0.4 is 5.32 Å². The quantitative estimate of drug-likeness (QED) is 0.937. The summed E-state index contributed by atoms with van der Waals surface area (Å²) in [5, 5.41) is 4.42. The Balaban J connectivity index is 1.68. The molecule has 0 spiro atoms. The van der Waals surface area contributed by atoms with Crippen molar-refractivity contribution in [3.05, 3.63) is 24.3 Å². The number of carbonyl (C=O) groups excluding carboxylic acids is 1. The number of thiazole rings is 1. The van der Waals surface area contributed by atoms with Crippen molar-refractivity contribution in [2.45, 2.75) is 32.2 Å². The van der Waals surface area contributed by atoms with Gasteiger partial charge in [-0.1, -0.05) is 23.5 Å². The summed E-state index contributed by atoms with van der Waals surface area (Å²) in [6, 6.07) is 8.36. The lowest BCUT2D eigenvalue weighted by molar-refractivity contribution is 0.107. The minimum Gasteiger partial charge on any atom is -0.450 e. The van der Waals surface area contributed by atoms with Gasteiger partial charge in [-0.2, -0.15) is 0 Å². The van der Waals surface area contributed by atoms with Crippen LogP contribution >= 0.6 is 11.3 Å². The Bertz CT molecular complexity index is 610. The van der Waals surface area contributed by atoms with Crippen molar-refractivity contribution in [1.29, 1.82) is 0 Å². The van der Waals surface area contributed by atoms with Gasteiger partial charge in [0.25, 0.3) is 0 Å². The van der Waals surface area contributed by atoms with Gasteiger partial charge in [-0.05, 0) is 38.3 Å². The summed E-state index contributed by atoms with van der Waals surface area (Å²) in [6.07, 6.45) is 2.97. The van der Waals surface area contributed by atoms with Crippen LogP contribution in [-0.2, 0) is 4.74 Å². The van der Waals surface area contributed by atoms with Crippen LogP contribution in [0.2, 0.25) is 0 Å². The first-order chi connectivity index (χ1) is 10.8. The van der Waals surface area contributed by atoms with Crippen molar-refractivity contribution < 1.29 is 9.53 Å². The maximum absolute atomic E-state index is 12.0. The van der Waals surface area contributed by atoms with Gasteiger partial charge in [0.15, 0.2) is 5.13 Å². The molecule has 1 aromatic heterocycles. The van der Waals surface area contributed by atoms with Gasteiger partial charge in [0, 0.05) is 19.1 Å². The van der Waals surface area contributed by atoms with E-state index in [1.54, 1.807) is 11.3 Å². The maximum atomic E-state index is 12.0. The molecule has 1 amide bonds. The number of benzene rings is 1. The topological polar surface area (TPSA) is 54.5 Å². The van der Waals surface area contributed by atoms with Crippen molar-refractivity contribution >= 4 is 32.8 Å². The number of aromatic nitrogens is 1. The molecule has 2 heterocycles. The number of para-hydroxylation sites is 1. The molecule has 1 aliphatic rings. The van der Waals surface area contributed by atoms with Crippen LogP contribution in [0, 0.1) is 0 Å². The Morgan fingerprint density at radius 3 is 3.14 bits per heavy atom. The van der Waals surface area contributed by atoms with E-state index in [-0.39, 0.29) is 12.1 Å². The number of amides is 1. The van der Waals surface area contributed by atoms with Crippen molar-refractivity contribution in [3.8, 4) is 0 Å². The van der Waals surface area contributed by atoms with Crippen LogP contribution in [0.4, 0.5) is 9.93 Å². The fourth-order valence-corrected chi connectivity index (χ4v) is 3.69. The number of hydrogen-bond donors (Lipinski definition) is 1. The molecule has 1 fully saturated rings. The molecule has 0 unspecified atom stereocenters. The molecular weight excluding hydrogens is 298 g/mol. The van der Waals surface area contributed by atoms with Gasteiger partial charge in [-0.25, -0.2) is 9.78 Å². The second-order valence-corrected chi connectivity index (χ2v) is 6.50. The molecule has 0 aliphatic carbocycles. The molecule has 118 valence electrons. The summed E-state index contributed by atoms with van der Waals surface area (Å²) in [7, 11) is 0. The van der Waals surface area contributed by atoms with Gasteiger partial charge in [-0.15, -0.1) is 0 Å². The summed E-state index contributed by atoms with van der Waals surface area (Å²) in [5.74, 6) is 0. The number of hydrogen-bond acceptors (Lipinski definition) is 5. The van der Waals surface area contributed by atoms with E-state index < -0.39 is 0 Å². The lowest BCUT2D eigenvalue weighted by atomic mass is 10.1. The van der Waals surface area contributed by atoms with Crippen molar-refractivity contribution in [2.75, 3.05) is 25.0 Å². The summed E-state index contributed by atoms with van der Waals surface area (Å²) < 4.78 is 6.31. The van der Waals surface area contributed by atoms with E-state index in [1.807, 2.05) is 30.0 Å². The lowest BCUT2D eigenvalue weighted by Crippen LogP contribution is -2.39. The maximum Gasteiger partial charge on any atom is 0.409 e. The van der Waals surface area contributed by atoms with Gasteiger partial charge < -0.3 is 15.0 Å². The molecule has 5 nitrogen and oxygen atoms in total. The fourth-order valence-electron chi connectivity index (χ4n) is 2.75. The van der Waals surface area contributed by atoms with Crippen LogP contribution in [-0.4, -0.2) is 41.7 Å². The van der Waals surface area contributed by atoms with E-state index in [9.17, 15) is 4.79 Å². The van der Waals surface area contributed by atoms with E-state index >= 15 is 0 Å². The molecule has 1 atom stereocenters. The van der Waals surface area contributed by atoms with E-state index in [0.29, 0.717) is 13.2 Å². The smallest absolute Gasteiger partial charge is 0.409 e. The second kappa shape index (κ2) is 6.96. The summed E-state index contributed by atoms with van der Waals surface area (Å²) in [5.41, 5.74) is 1.02. The molecule has 6 heteroatoms. The Morgan fingerprint density at radius 1 is 1.45 bits per heavy atom. The van der Waals surface area contributed by atoms with Crippen molar-refractivity contribution in [3.63, 3.8) is 0 Å². The standard InChI is InChI=1S/C16H21N3O2S/c1-2-21-16(20)19-10-6-5-7-12(11-19)17-15-18-13-8-3-4-9-14(13)22-15/h3-4,8-9,12H,2,5-7,10-11H2,1H3,(H,17,18)/t12-/m0/s1. The number of nitrogens with one attached hydrogen (secondary N) is 1. The van der Waals surface area contributed by atoms with Crippen molar-refractivity contribution in [1.82, 2.24) is 9.88 Å². The van der Waals surface area contributed by atoms with E-state index in [0.717, 1.165) is 36.5 Å². The average Bonchev–Trinajstić information content (AvgIpc) is 2.77. The van der Waals surface area contributed by atoms with Crippen LogP contribution in [0.25, 0.3) is 10.2 Å². The number of rotatable bonds is 3. The highest BCUT2D eigenvalue weighted by atomic mass is 32.1. The first kappa shape index (κ1) is 15.1. The predicted molar refractivity (Wildman–Crippen MR) is 89.5 cm³/mol. The number of nitrogens with zero attached hydrogens (tertiary/aromatic N) is 2. The van der Waals surface area contributed by atoms with Gasteiger partial charge in [0.1, 0.15) is 0 Å². The van der Waals surface area contributed by atoms with Crippen LogP contribution in [0.3, 0.4) is 0 Å². The van der Waals surface area contributed by atoms with E-state index in [1.165, 1.54) is 4.70 Å². The summed E-state index contributed by atoms with van der Waals surface area (Å²) in [6.45, 7) is 3.71. The zero-order valence-electron chi connectivity index (χ0n) is 12.7. The lowest BCUT2D eigenvalue weighted by Gasteiger charge is -2.24. The number of fused-ring (bicyclic) bond motifs is 1. The van der Waals surface area contributed by atoms with Crippen LogP contribution in [0.5, 0.6) is 0 Å². The van der Waals surface area contributed by atoms with Crippen LogP contribution in [0.1, 0.15) is 26.2 Å². The highest BCUT2D eigenvalue weighted by molar-refractivity contribution is 7.22. The first-order valence-electron chi connectivity index (χ1n) is 7.80. The highest BCUT2D eigenvalue weighted by Crippen LogP contribution is 2.27. The molecule has 0 bridgehead atoms. The molecule has 1 aromatic carbocycles. The summed E-state index contributed by atoms with van der Waals surface area (Å²) >= 11 is 1.66. The third kappa shape index (κ3) is 3.50. The molecule has 22 heavy (non-hydrogen) atoms. The molecule has 2 aromatic rings. The SMILES string of the molecule is CCOC(=O)N1CCCC[C@H](Nc2nc3ccccc3s2)C1. The second-order valence-electron chi connectivity index (χ2n) is 5.47. The normalized spacial score (nSPS) is 19.0. The van der Waals surface area contributed by atoms with Gasteiger partial charge in [0.05, 0.1) is 16.8 Å². The minimum atomic E-state index is -0.208. The predicted octanol–water partition coefficient (Wildman–Crippen LogP) is 3.72. The third-order valence-corrected chi connectivity index (χ3v) is 4.79. The Kier molecular flexibility index (Phi) is 4.77. The minimum absolute atomic E-state index is 0.208. The number of carbonyl (C=O) groups is 1. The zero-order valence-corrected chi connectivity index (χ0v) is 13.6. The average molecular weight is 319 g/mol. The molecule has 1 N–H and O–H groups in total. The van der Waals surface area contributed by atoms with Gasteiger partial charge in [-0.3, -0.25) is 0 Å².